The van der Waals surface area contributed by atoms with Crippen molar-refractivity contribution >= 4 is 0 Å². The van der Waals surface area contributed by atoms with Gasteiger partial charge in [0.2, 0.25) is 0 Å². The molecule has 3 N–H and O–H groups in total. The Balaban J connectivity index is 1.66. The molecule has 0 aliphatic heterocycles. The van der Waals surface area contributed by atoms with E-state index in [1.54, 1.807) is 7.11 Å². The van der Waals surface area contributed by atoms with Crippen LogP contribution >= 0.6 is 0 Å². The fraction of sp³-hybridized carbons (Fsp3) is 0.818. The quantitative estimate of drug-likeness (QED) is 0.675. The lowest BCUT2D eigenvalue weighted by atomic mass is 9.48. The predicted molar refractivity (Wildman–Crippen MR) is 101 cm³/mol. The van der Waals surface area contributed by atoms with Crippen molar-refractivity contribution in [3.63, 3.8) is 0 Å². The van der Waals surface area contributed by atoms with E-state index >= 15 is 0 Å². The Bertz CT molecular complexity index is 640. The zero-order valence-corrected chi connectivity index (χ0v) is 16.4. The van der Waals surface area contributed by atoms with Gasteiger partial charge in [-0.05, 0) is 62.2 Å². The topological polar surface area (TPSA) is 69.9 Å². The molecule has 7 atom stereocenters. The highest BCUT2D eigenvalue weighted by Crippen LogP contribution is 2.65. The van der Waals surface area contributed by atoms with Gasteiger partial charge in [0.05, 0.1) is 12.7 Å². The second-order valence-electron chi connectivity index (χ2n) is 9.62. The first-order valence-electron chi connectivity index (χ1n) is 10.2. The summed E-state index contributed by atoms with van der Waals surface area (Å²) in [6, 6.07) is 0. The van der Waals surface area contributed by atoms with Crippen LogP contribution in [0.25, 0.3) is 0 Å². The monoisotopic (exact) mass is 362 g/mol. The molecule has 0 saturated heterocycles. The van der Waals surface area contributed by atoms with Crippen molar-refractivity contribution in [1.82, 2.24) is 0 Å². The van der Waals surface area contributed by atoms with Gasteiger partial charge < -0.3 is 20.1 Å². The lowest BCUT2D eigenvalue weighted by Gasteiger charge is -2.58. The fourth-order valence-electron chi connectivity index (χ4n) is 6.83. The number of aliphatic hydroxyl groups excluding tert-OH is 2. The zero-order chi connectivity index (χ0) is 18.7. The standard InChI is InChI=1S/C22H34O4/c1-20-9-6-15(23)12-14(20)4-5-16-17(20)7-10-21(2)18(16)8-11-22(21,25)19(24)13-26-3/h4,8,15-17,19,23-25H,5-7,9-13H2,1-3H3/t15-,16+,17+,19+,20-,21-,22+/m0/s1. The number of allylic oxidation sites excluding steroid dienone is 1. The second kappa shape index (κ2) is 6.16. The van der Waals surface area contributed by atoms with Gasteiger partial charge in [0.1, 0.15) is 11.7 Å². The van der Waals surface area contributed by atoms with Crippen LogP contribution in [0.3, 0.4) is 0 Å². The zero-order valence-electron chi connectivity index (χ0n) is 16.4. The van der Waals surface area contributed by atoms with Crippen molar-refractivity contribution in [2.75, 3.05) is 13.7 Å². The molecule has 4 aliphatic rings. The van der Waals surface area contributed by atoms with Crippen LogP contribution < -0.4 is 0 Å². The van der Waals surface area contributed by atoms with Crippen molar-refractivity contribution in [3.8, 4) is 0 Å². The molecule has 0 bridgehead atoms. The van der Waals surface area contributed by atoms with Gasteiger partial charge in [-0.25, -0.2) is 0 Å². The maximum atomic E-state index is 11.4. The molecule has 4 aliphatic carbocycles. The lowest BCUT2D eigenvalue weighted by Crippen LogP contribution is -2.58. The summed E-state index contributed by atoms with van der Waals surface area (Å²) < 4.78 is 5.14. The Kier molecular flexibility index (Phi) is 4.43. The minimum absolute atomic E-state index is 0.168. The van der Waals surface area contributed by atoms with E-state index in [1.165, 1.54) is 11.1 Å². The molecule has 4 nitrogen and oxygen atoms in total. The Labute approximate surface area is 156 Å². The summed E-state index contributed by atoms with van der Waals surface area (Å²) in [6.45, 7) is 4.71. The van der Waals surface area contributed by atoms with E-state index < -0.39 is 11.7 Å². The fourth-order valence-corrected chi connectivity index (χ4v) is 6.83. The molecule has 0 aromatic heterocycles. The van der Waals surface area contributed by atoms with Crippen molar-refractivity contribution in [2.45, 2.75) is 76.6 Å². The van der Waals surface area contributed by atoms with E-state index in [-0.39, 0.29) is 23.5 Å². The van der Waals surface area contributed by atoms with Crippen LogP contribution in [0.2, 0.25) is 0 Å². The third-order valence-corrected chi connectivity index (χ3v) is 8.56. The van der Waals surface area contributed by atoms with Crippen LogP contribution in [0.5, 0.6) is 0 Å². The number of hydrogen-bond acceptors (Lipinski definition) is 4. The summed E-state index contributed by atoms with van der Waals surface area (Å²) in [5.41, 5.74) is 1.48. The maximum Gasteiger partial charge on any atom is 0.107 e. The molecule has 146 valence electrons. The van der Waals surface area contributed by atoms with Gasteiger partial charge in [0.25, 0.3) is 0 Å². The number of aliphatic hydroxyl groups is 3. The second-order valence-corrected chi connectivity index (χ2v) is 9.62. The molecule has 2 saturated carbocycles. The van der Waals surface area contributed by atoms with E-state index in [0.29, 0.717) is 18.3 Å². The summed E-state index contributed by atoms with van der Waals surface area (Å²) in [7, 11) is 1.57. The van der Waals surface area contributed by atoms with Gasteiger partial charge in [0.15, 0.2) is 0 Å². The van der Waals surface area contributed by atoms with E-state index in [2.05, 4.69) is 26.0 Å². The van der Waals surface area contributed by atoms with Gasteiger partial charge >= 0.3 is 0 Å². The SMILES string of the molecule is COC[C@@H](O)[C@]1(O)CC=C2[C@@H]3CC=C4C[C@@H](O)CC[C@]4(C)[C@@H]3CC[C@@]21C. The Hall–Kier alpha value is -0.680. The van der Waals surface area contributed by atoms with Crippen LogP contribution in [0.15, 0.2) is 23.3 Å². The third kappa shape index (κ3) is 2.35. The number of ether oxygens (including phenoxy) is 1. The van der Waals surface area contributed by atoms with Crippen LogP contribution in [0.4, 0.5) is 0 Å². The van der Waals surface area contributed by atoms with Crippen LogP contribution in [0, 0.1) is 22.7 Å². The minimum atomic E-state index is -1.13. The molecule has 4 heteroatoms. The number of fused-ring (bicyclic) bond motifs is 5. The van der Waals surface area contributed by atoms with Gasteiger partial charge in [-0.15, -0.1) is 0 Å². The molecular formula is C22H34O4. The van der Waals surface area contributed by atoms with Crippen molar-refractivity contribution in [2.24, 2.45) is 22.7 Å². The summed E-state index contributed by atoms with van der Waals surface area (Å²) in [5.74, 6) is 1.03. The molecule has 0 unspecified atom stereocenters. The molecule has 0 aromatic carbocycles. The van der Waals surface area contributed by atoms with Crippen LogP contribution in [-0.2, 0) is 4.74 Å². The molecule has 0 heterocycles. The third-order valence-electron chi connectivity index (χ3n) is 8.56. The van der Waals surface area contributed by atoms with E-state index in [9.17, 15) is 15.3 Å². The summed E-state index contributed by atoms with van der Waals surface area (Å²) >= 11 is 0. The number of methoxy groups -OCH3 is 1. The largest absolute Gasteiger partial charge is 0.393 e. The molecule has 0 amide bonds. The average molecular weight is 363 g/mol. The highest BCUT2D eigenvalue weighted by molar-refractivity contribution is 5.38. The predicted octanol–water partition coefficient (Wildman–Crippen LogP) is 2.97. The molecular weight excluding hydrogens is 328 g/mol. The minimum Gasteiger partial charge on any atom is -0.393 e. The average Bonchev–Trinajstić information content (AvgIpc) is 2.88. The molecule has 0 aromatic rings. The van der Waals surface area contributed by atoms with E-state index in [1.807, 2.05) is 0 Å². The molecule has 0 spiro atoms. The van der Waals surface area contributed by atoms with Crippen molar-refractivity contribution in [1.29, 1.82) is 0 Å². The molecule has 2 fully saturated rings. The highest BCUT2D eigenvalue weighted by atomic mass is 16.5. The number of hydrogen-bond donors (Lipinski definition) is 3. The Morgan fingerprint density at radius 1 is 1.23 bits per heavy atom. The smallest absolute Gasteiger partial charge is 0.107 e. The van der Waals surface area contributed by atoms with Crippen molar-refractivity contribution in [3.05, 3.63) is 23.3 Å². The molecule has 4 rings (SSSR count). The maximum absolute atomic E-state index is 11.4. The Morgan fingerprint density at radius 2 is 2.00 bits per heavy atom. The van der Waals surface area contributed by atoms with E-state index in [4.69, 9.17) is 4.74 Å². The molecule has 0 radical (unpaired) electrons. The van der Waals surface area contributed by atoms with Gasteiger partial charge in [-0.3, -0.25) is 0 Å². The van der Waals surface area contributed by atoms with Crippen LogP contribution in [0.1, 0.15) is 58.8 Å². The van der Waals surface area contributed by atoms with Gasteiger partial charge in [-0.1, -0.05) is 37.1 Å². The van der Waals surface area contributed by atoms with Crippen molar-refractivity contribution < 1.29 is 20.1 Å². The number of rotatable bonds is 3. The lowest BCUT2D eigenvalue weighted by molar-refractivity contribution is -0.160. The van der Waals surface area contributed by atoms with Gasteiger partial charge in [0, 0.05) is 12.5 Å². The first-order valence-corrected chi connectivity index (χ1v) is 10.2. The van der Waals surface area contributed by atoms with Crippen LogP contribution in [-0.4, -0.2) is 46.8 Å². The summed E-state index contributed by atoms with van der Waals surface area (Å²) in [4.78, 5) is 0. The Morgan fingerprint density at radius 3 is 2.73 bits per heavy atom. The normalized spacial score (nSPS) is 48.8. The first-order chi connectivity index (χ1) is 12.3. The first kappa shape index (κ1) is 18.7. The van der Waals surface area contributed by atoms with Gasteiger partial charge in [-0.2, -0.15) is 0 Å². The highest BCUT2D eigenvalue weighted by Gasteiger charge is 2.62. The molecule has 26 heavy (non-hydrogen) atoms. The summed E-state index contributed by atoms with van der Waals surface area (Å²) in [6.07, 6.45) is 9.82. The van der Waals surface area contributed by atoms with E-state index in [0.717, 1.165) is 38.5 Å². The summed E-state index contributed by atoms with van der Waals surface area (Å²) in [5, 5.41) is 32.2.